The molecule has 2 atom stereocenters. The number of carbonyl (C=O) groups excluding carboxylic acids is 1. The lowest BCUT2D eigenvalue weighted by atomic mass is 10.1. The molecule has 1 heterocycles. The summed E-state index contributed by atoms with van der Waals surface area (Å²) in [7, 11) is 0. The van der Waals surface area contributed by atoms with Crippen LogP contribution in [0.5, 0.6) is 5.88 Å². The molecule has 1 aromatic carbocycles. The van der Waals surface area contributed by atoms with E-state index in [4.69, 9.17) is 4.74 Å². The van der Waals surface area contributed by atoms with Crippen LogP contribution in [0.1, 0.15) is 27.7 Å². The predicted molar refractivity (Wildman–Crippen MR) is 82.1 cm³/mol. The van der Waals surface area contributed by atoms with Gasteiger partial charge in [0.15, 0.2) is 6.61 Å². The van der Waals surface area contributed by atoms with Gasteiger partial charge in [0, 0.05) is 12.5 Å². The number of aliphatic hydroxyl groups is 1. The number of benzene rings is 1. The van der Waals surface area contributed by atoms with Crippen molar-refractivity contribution in [1.29, 1.82) is 0 Å². The molecule has 7 heteroatoms. The fourth-order valence-corrected chi connectivity index (χ4v) is 2.73. The lowest BCUT2D eigenvalue weighted by molar-refractivity contribution is 0.0787. The molecule has 0 saturated heterocycles. The minimum absolute atomic E-state index is 0.0401. The Balaban J connectivity index is 1.72. The molecule has 5 nitrogen and oxygen atoms in total. The molecule has 0 unspecified atom stereocenters. The Morgan fingerprint density at radius 3 is 2.88 bits per heavy atom. The van der Waals surface area contributed by atoms with Crippen molar-refractivity contribution in [1.82, 2.24) is 10.3 Å². The number of carbonyl (C=O) groups is 1. The highest BCUT2D eigenvalue weighted by Gasteiger charge is 2.32. The molecule has 24 heavy (non-hydrogen) atoms. The van der Waals surface area contributed by atoms with Crippen molar-refractivity contribution in [3.05, 3.63) is 59.3 Å². The van der Waals surface area contributed by atoms with Crippen LogP contribution in [-0.2, 0) is 6.42 Å². The van der Waals surface area contributed by atoms with Gasteiger partial charge in [0.1, 0.15) is 5.69 Å². The van der Waals surface area contributed by atoms with Crippen LogP contribution in [0.25, 0.3) is 0 Å². The second kappa shape index (κ2) is 6.92. The van der Waals surface area contributed by atoms with Gasteiger partial charge in [0.2, 0.25) is 5.88 Å². The lowest BCUT2D eigenvalue weighted by Gasteiger charge is -2.17. The number of nitrogens with zero attached hydrogens (tertiary/aromatic N) is 1. The standard InChI is InChI=1S/C17H16F2N2O3/c18-14(19)9-24-15-7-3-6-12(20-15)17(23)21-16-11-5-2-1-4-10(11)8-13(16)22/h1-7,13-14,16,22H,8-9H2,(H,21,23)/t13-,16+/m0/s1. The Morgan fingerprint density at radius 2 is 2.08 bits per heavy atom. The molecule has 126 valence electrons. The molecule has 1 amide bonds. The van der Waals surface area contributed by atoms with Gasteiger partial charge in [-0.15, -0.1) is 0 Å². The van der Waals surface area contributed by atoms with Crippen molar-refractivity contribution in [2.45, 2.75) is 25.0 Å². The van der Waals surface area contributed by atoms with Crippen LogP contribution in [0, 0.1) is 0 Å². The average Bonchev–Trinajstić information content (AvgIpc) is 2.89. The SMILES string of the molecule is O=C(N[C@@H]1c2ccccc2C[C@@H]1O)c1cccc(OCC(F)F)n1. The van der Waals surface area contributed by atoms with E-state index in [0.717, 1.165) is 11.1 Å². The number of nitrogens with one attached hydrogen (secondary N) is 1. The van der Waals surface area contributed by atoms with E-state index in [1.54, 1.807) is 0 Å². The van der Waals surface area contributed by atoms with Crippen molar-refractivity contribution < 1.29 is 23.4 Å². The highest BCUT2D eigenvalue weighted by Crippen LogP contribution is 2.31. The zero-order chi connectivity index (χ0) is 17.1. The van der Waals surface area contributed by atoms with Crippen LogP contribution < -0.4 is 10.1 Å². The topological polar surface area (TPSA) is 71.5 Å². The summed E-state index contributed by atoms with van der Waals surface area (Å²) in [6.45, 7) is -0.785. The van der Waals surface area contributed by atoms with E-state index in [1.807, 2.05) is 24.3 Å². The van der Waals surface area contributed by atoms with Crippen molar-refractivity contribution in [2.24, 2.45) is 0 Å². The molecule has 1 aliphatic carbocycles. The Hall–Kier alpha value is -2.54. The number of aliphatic hydroxyl groups excluding tert-OH is 1. The third-order valence-electron chi connectivity index (χ3n) is 3.80. The zero-order valence-electron chi connectivity index (χ0n) is 12.7. The molecule has 1 aliphatic rings. The summed E-state index contributed by atoms with van der Waals surface area (Å²) in [5.41, 5.74) is 1.89. The molecule has 0 bridgehead atoms. The molecular formula is C17H16F2N2O3. The molecule has 0 saturated carbocycles. The summed E-state index contributed by atoms with van der Waals surface area (Å²) in [6.07, 6.45) is -2.87. The van der Waals surface area contributed by atoms with E-state index in [1.165, 1.54) is 18.2 Å². The van der Waals surface area contributed by atoms with E-state index in [9.17, 15) is 18.7 Å². The van der Waals surface area contributed by atoms with Crippen LogP contribution in [0.3, 0.4) is 0 Å². The van der Waals surface area contributed by atoms with E-state index >= 15 is 0 Å². The van der Waals surface area contributed by atoms with Gasteiger partial charge >= 0.3 is 0 Å². The van der Waals surface area contributed by atoms with Gasteiger partial charge in [0.05, 0.1) is 12.1 Å². The van der Waals surface area contributed by atoms with Gasteiger partial charge in [0.25, 0.3) is 12.3 Å². The van der Waals surface area contributed by atoms with E-state index in [-0.39, 0.29) is 11.6 Å². The van der Waals surface area contributed by atoms with Crippen LogP contribution in [-0.4, -0.2) is 35.1 Å². The summed E-state index contributed by atoms with van der Waals surface area (Å²) in [5.74, 6) is -0.548. The second-order valence-corrected chi connectivity index (χ2v) is 5.48. The van der Waals surface area contributed by atoms with E-state index in [2.05, 4.69) is 10.3 Å². The van der Waals surface area contributed by atoms with Crippen molar-refractivity contribution >= 4 is 5.91 Å². The molecule has 1 aromatic heterocycles. The first-order chi connectivity index (χ1) is 11.5. The lowest BCUT2D eigenvalue weighted by Crippen LogP contribution is -2.34. The molecule has 0 radical (unpaired) electrons. The average molecular weight is 334 g/mol. The number of halogens is 2. The molecular weight excluding hydrogens is 318 g/mol. The normalized spacial score (nSPS) is 19.2. The number of fused-ring (bicyclic) bond motifs is 1. The summed E-state index contributed by atoms with van der Waals surface area (Å²) in [6, 6.07) is 11.3. The minimum atomic E-state index is -2.62. The minimum Gasteiger partial charge on any atom is -0.472 e. The quantitative estimate of drug-likeness (QED) is 0.879. The van der Waals surface area contributed by atoms with Crippen LogP contribution in [0.2, 0.25) is 0 Å². The second-order valence-electron chi connectivity index (χ2n) is 5.48. The first kappa shape index (κ1) is 16.3. The van der Waals surface area contributed by atoms with Crippen LogP contribution in [0.15, 0.2) is 42.5 Å². The predicted octanol–water partition coefficient (Wildman–Crippen LogP) is 2.11. The largest absolute Gasteiger partial charge is 0.472 e. The third kappa shape index (κ3) is 3.51. The van der Waals surface area contributed by atoms with Gasteiger partial charge in [-0.25, -0.2) is 13.8 Å². The molecule has 0 aliphatic heterocycles. The van der Waals surface area contributed by atoms with E-state index in [0.29, 0.717) is 6.42 Å². The Morgan fingerprint density at radius 1 is 1.29 bits per heavy atom. The number of rotatable bonds is 5. The smallest absolute Gasteiger partial charge is 0.272 e. The summed E-state index contributed by atoms with van der Waals surface area (Å²) in [5, 5.41) is 12.9. The molecule has 0 spiro atoms. The number of hydrogen-bond donors (Lipinski definition) is 2. The van der Waals surface area contributed by atoms with Crippen LogP contribution >= 0.6 is 0 Å². The maximum atomic E-state index is 12.4. The van der Waals surface area contributed by atoms with Gasteiger partial charge < -0.3 is 15.2 Å². The van der Waals surface area contributed by atoms with Gasteiger partial charge in [-0.1, -0.05) is 30.3 Å². The monoisotopic (exact) mass is 334 g/mol. The van der Waals surface area contributed by atoms with Crippen LogP contribution in [0.4, 0.5) is 8.78 Å². The first-order valence-electron chi connectivity index (χ1n) is 7.49. The molecule has 3 rings (SSSR count). The van der Waals surface area contributed by atoms with Gasteiger partial charge in [-0.2, -0.15) is 0 Å². The van der Waals surface area contributed by atoms with Gasteiger partial charge in [-0.3, -0.25) is 4.79 Å². The fraction of sp³-hybridized carbons (Fsp3) is 0.294. The summed E-state index contributed by atoms with van der Waals surface area (Å²) < 4.78 is 29.2. The number of ether oxygens (including phenoxy) is 1. The Bertz CT molecular complexity index is 739. The van der Waals surface area contributed by atoms with E-state index < -0.39 is 31.1 Å². The third-order valence-corrected chi connectivity index (χ3v) is 3.80. The highest BCUT2D eigenvalue weighted by molar-refractivity contribution is 5.92. The summed E-state index contributed by atoms with van der Waals surface area (Å²) in [4.78, 5) is 16.3. The first-order valence-corrected chi connectivity index (χ1v) is 7.49. The molecule has 2 N–H and O–H groups in total. The van der Waals surface area contributed by atoms with Gasteiger partial charge in [-0.05, 0) is 17.2 Å². The van der Waals surface area contributed by atoms with Crippen molar-refractivity contribution in [3.63, 3.8) is 0 Å². The Labute approximate surface area is 137 Å². The fourth-order valence-electron chi connectivity index (χ4n) is 2.73. The number of pyridine rings is 1. The number of alkyl halides is 2. The number of amides is 1. The zero-order valence-corrected chi connectivity index (χ0v) is 12.7. The van der Waals surface area contributed by atoms with Crippen molar-refractivity contribution in [2.75, 3.05) is 6.61 Å². The number of aromatic nitrogens is 1. The molecule has 2 aromatic rings. The Kier molecular flexibility index (Phi) is 4.71. The molecule has 0 fully saturated rings. The van der Waals surface area contributed by atoms with Crippen molar-refractivity contribution in [3.8, 4) is 5.88 Å². The summed E-state index contributed by atoms with van der Waals surface area (Å²) >= 11 is 0. The maximum Gasteiger partial charge on any atom is 0.272 e. The maximum absolute atomic E-state index is 12.4. The highest BCUT2D eigenvalue weighted by atomic mass is 19.3. The number of hydrogen-bond acceptors (Lipinski definition) is 4.